The smallest absolute Gasteiger partial charge is 0.0715 e. The lowest BCUT2D eigenvalue weighted by atomic mass is 9.79. The van der Waals surface area contributed by atoms with Gasteiger partial charge in [0, 0.05) is 11.6 Å². The molecule has 0 radical (unpaired) electrons. The van der Waals surface area contributed by atoms with Crippen molar-refractivity contribution >= 4 is 17.6 Å². The van der Waals surface area contributed by atoms with Crippen LogP contribution in [0, 0.1) is 5.92 Å². The van der Waals surface area contributed by atoms with Gasteiger partial charge >= 0.3 is 0 Å². The summed E-state index contributed by atoms with van der Waals surface area (Å²) in [6.45, 7) is 0. The molecule has 5 nitrogen and oxygen atoms in total. The van der Waals surface area contributed by atoms with E-state index in [9.17, 15) is 19.8 Å². The summed E-state index contributed by atoms with van der Waals surface area (Å²) in [7, 11) is 0. The molecule has 1 N–H and O–H groups in total. The highest BCUT2D eigenvalue weighted by atomic mass is 16.4. The maximum Gasteiger partial charge on any atom is 0.0715 e. The van der Waals surface area contributed by atoms with Gasteiger partial charge in [-0.15, -0.1) is 0 Å². The Balaban J connectivity index is 2.08. The van der Waals surface area contributed by atoms with E-state index in [1.54, 1.807) is 12.1 Å². The van der Waals surface area contributed by atoms with Crippen LogP contribution in [0.1, 0.15) is 28.3 Å². The van der Waals surface area contributed by atoms with Crippen molar-refractivity contribution < 1.29 is 19.8 Å². The number of carboxylic acid groups (broad SMARTS) is 2. The van der Waals surface area contributed by atoms with Crippen LogP contribution in [0.4, 0.5) is 5.69 Å². The van der Waals surface area contributed by atoms with Crippen molar-refractivity contribution in [2.75, 3.05) is 5.32 Å². The zero-order valence-corrected chi connectivity index (χ0v) is 9.96. The Hall–Kier alpha value is -2.30. The SMILES string of the molecule is O=C([O-])c1ccc2c(c1)[C@@H]1C=CC[C@H]1[C@H](C(=O)[O-])N2. The standard InChI is InChI=1S/C14H13NO4/c16-13(17)7-4-5-11-10(6-7)8-2-1-3-9(8)12(15-11)14(18)19/h1-2,4-6,8-9,12,15H,3H2,(H,16,17)(H,18,19)/p-2/t8-,9-,12-/m1/s1. The fourth-order valence-corrected chi connectivity index (χ4v) is 2.95. The van der Waals surface area contributed by atoms with Crippen LogP contribution in [-0.2, 0) is 4.79 Å². The van der Waals surface area contributed by atoms with Crippen LogP contribution in [0.2, 0.25) is 0 Å². The van der Waals surface area contributed by atoms with E-state index >= 15 is 0 Å². The maximum absolute atomic E-state index is 11.2. The summed E-state index contributed by atoms with van der Waals surface area (Å²) >= 11 is 0. The van der Waals surface area contributed by atoms with Gasteiger partial charge in [-0.25, -0.2) is 0 Å². The third-order valence-corrected chi connectivity index (χ3v) is 3.85. The minimum atomic E-state index is -1.23. The fourth-order valence-electron chi connectivity index (χ4n) is 2.95. The molecule has 19 heavy (non-hydrogen) atoms. The van der Waals surface area contributed by atoms with E-state index < -0.39 is 18.0 Å². The van der Waals surface area contributed by atoms with E-state index in [0.717, 1.165) is 5.56 Å². The van der Waals surface area contributed by atoms with Gasteiger partial charge in [-0.1, -0.05) is 18.2 Å². The first-order valence-electron chi connectivity index (χ1n) is 6.07. The molecule has 2 aliphatic rings. The predicted octanol–water partition coefficient (Wildman–Crippen LogP) is -0.746. The Labute approximate surface area is 109 Å². The van der Waals surface area contributed by atoms with Crippen molar-refractivity contribution in [1.29, 1.82) is 0 Å². The number of benzene rings is 1. The van der Waals surface area contributed by atoms with Crippen molar-refractivity contribution in [2.45, 2.75) is 18.4 Å². The topological polar surface area (TPSA) is 92.3 Å². The van der Waals surface area contributed by atoms with E-state index in [4.69, 9.17) is 0 Å². The average molecular weight is 257 g/mol. The van der Waals surface area contributed by atoms with E-state index in [-0.39, 0.29) is 17.4 Å². The molecular formula is C14H11NO4-2. The molecular weight excluding hydrogens is 246 g/mol. The number of aliphatic carboxylic acids is 1. The molecule has 0 fully saturated rings. The van der Waals surface area contributed by atoms with E-state index in [2.05, 4.69) is 5.32 Å². The Morgan fingerprint density at radius 1 is 1.26 bits per heavy atom. The molecule has 0 amide bonds. The van der Waals surface area contributed by atoms with Crippen molar-refractivity contribution in [1.82, 2.24) is 0 Å². The number of aromatic carboxylic acids is 1. The Kier molecular flexibility index (Phi) is 2.55. The number of carbonyl (C=O) groups excluding carboxylic acids is 2. The number of carbonyl (C=O) groups is 2. The van der Waals surface area contributed by atoms with Gasteiger partial charge in [-0.3, -0.25) is 0 Å². The summed E-state index contributed by atoms with van der Waals surface area (Å²) in [5, 5.41) is 25.0. The molecule has 0 saturated heterocycles. The van der Waals surface area contributed by atoms with Gasteiger partial charge in [-0.05, 0) is 35.6 Å². The van der Waals surface area contributed by atoms with Crippen LogP contribution >= 0.6 is 0 Å². The number of nitrogens with one attached hydrogen (secondary N) is 1. The normalized spacial score (nSPS) is 27.3. The fraction of sp³-hybridized carbons (Fsp3) is 0.286. The van der Waals surface area contributed by atoms with Crippen LogP contribution in [0.5, 0.6) is 0 Å². The van der Waals surface area contributed by atoms with Crippen LogP contribution in [0.25, 0.3) is 0 Å². The summed E-state index contributed by atoms with van der Waals surface area (Å²) in [6.07, 6.45) is 4.50. The number of rotatable bonds is 2. The largest absolute Gasteiger partial charge is 0.548 e. The van der Waals surface area contributed by atoms with Crippen molar-refractivity contribution in [3.63, 3.8) is 0 Å². The lowest BCUT2D eigenvalue weighted by Gasteiger charge is -2.37. The van der Waals surface area contributed by atoms with Gasteiger partial charge in [0.25, 0.3) is 0 Å². The quantitative estimate of drug-likeness (QED) is 0.704. The van der Waals surface area contributed by atoms with Gasteiger partial charge in [0.15, 0.2) is 0 Å². The van der Waals surface area contributed by atoms with Gasteiger partial charge in [0.05, 0.1) is 18.0 Å². The molecule has 3 atom stereocenters. The Morgan fingerprint density at radius 2 is 2.05 bits per heavy atom. The van der Waals surface area contributed by atoms with Gasteiger partial charge < -0.3 is 25.1 Å². The van der Waals surface area contributed by atoms with Gasteiger partial charge in [0.2, 0.25) is 0 Å². The molecule has 98 valence electrons. The molecule has 0 spiro atoms. The third-order valence-electron chi connectivity index (χ3n) is 3.85. The zero-order chi connectivity index (χ0) is 13.6. The summed E-state index contributed by atoms with van der Waals surface area (Å²) in [4.78, 5) is 22.1. The van der Waals surface area contributed by atoms with Gasteiger partial charge in [0.1, 0.15) is 0 Å². The molecule has 0 unspecified atom stereocenters. The van der Waals surface area contributed by atoms with E-state index in [1.165, 1.54) is 6.07 Å². The van der Waals surface area contributed by atoms with Crippen LogP contribution < -0.4 is 15.5 Å². The molecule has 0 aromatic heterocycles. The summed E-state index contributed by atoms with van der Waals surface area (Å²) in [5.41, 5.74) is 1.55. The molecule has 1 heterocycles. The number of carboxylic acids is 2. The highest BCUT2D eigenvalue weighted by Gasteiger charge is 2.37. The summed E-state index contributed by atoms with van der Waals surface area (Å²) in [6, 6.07) is 3.79. The first kappa shape index (κ1) is 11.8. The molecule has 1 aliphatic carbocycles. The second kappa shape index (κ2) is 4.12. The number of fused-ring (bicyclic) bond motifs is 3. The van der Waals surface area contributed by atoms with E-state index in [1.807, 2.05) is 12.2 Å². The molecule has 3 rings (SSSR count). The Morgan fingerprint density at radius 3 is 2.74 bits per heavy atom. The Bertz CT molecular complexity index is 593. The van der Waals surface area contributed by atoms with Crippen molar-refractivity contribution in [3.8, 4) is 0 Å². The minimum Gasteiger partial charge on any atom is -0.548 e. The van der Waals surface area contributed by atoms with Gasteiger partial charge in [-0.2, -0.15) is 0 Å². The second-order valence-corrected chi connectivity index (χ2v) is 4.88. The first-order chi connectivity index (χ1) is 9.08. The van der Waals surface area contributed by atoms with E-state index in [0.29, 0.717) is 12.1 Å². The molecule has 0 bridgehead atoms. The number of allylic oxidation sites excluding steroid dienone is 2. The van der Waals surface area contributed by atoms with Crippen LogP contribution in [-0.4, -0.2) is 18.0 Å². The molecule has 1 aromatic carbocycles. The van der Waals surface area contributed by atoms with Crippen LogP contribution in [0.3, 0.4) is 0 Å². The van der Waals surface area contributed by atoms with Crippen LogP contribution in [0.15, 0.2) is 30.4 Å². The number of hydrogen-bond donors (Lipinski definition) is 1. The summed E-state index contributed by atoms with van der Waals surface area (Å²) < 4.78 is 0. The number of hydrogen-bond acceptors (Lipinski definition) is 5. The predicted molar refractivity (Wildman–Crippen MR) is 63.2 cm³/mol. The van der Waals surface area contributed by atoms with Crippen molar-refractivity contribution in [2.24, 2.45) is 5.92 Å². The molecule has 5 heteroatoms. The minimum absolute atomic E-state index is 0.0848. The highest BCUT2D eigenvalue weighted by molar-refractivity contribution is 5.88. The first-order valence-corrected chi connectivity index (χ1v) is 6.07. The lowest BCUT2D eigenvalue weighted by Crippen LogP contribution is -2.48. The number of anilines is 1. The monoisotopic (exact) mass is 257 g/mol. The molecule has 0 saturated carbocycles. The lowest BCUT2D eigenvalue weighted by molar-refractivity contribution is -0.308. The molecule has 1 aliphatic heterocycles. The second-order valence-electron chi connectivity index (χ2n) is 4.88. The average Bonchev–Trinajstić information content (AvgIpc) is 2.86. The summed E-state index contributed by atoms with van der Waals surface area (Å²) in [5.74, 6) is -2.58. The molecule has 1 aromatic rings. The maximum atomic E-state index is 11.2. The zero-order valence-electron chi connectivity index (χ0n) is 9.96. The van der Waals surface area contributed by atoms with Crippen molar-refractivity contribution in [3.05, 3.63) is 41.5 Å². The third kappa shape index (κ3) is 1.78. The highest BCUT2D eigenvalue weighted by Crippen LogP contribution is 2.44.